The largest absolute Gasteiger partial charge is 0.480 e. The summed E-state index contributed by atoms with van der Waals surface area (Å²) in [6.45, 7) is 10.5. The van der Waals surface area contributed by atoms with Crippen molar-refractivity contribution in [2.24, 2.45) is 11.3 Å². The Kier molecular flexibility index (Phi) is 10.9. The summed E-state index contributed by atoms with van der Waals surface area (Å²) in [5.41, 5.74) is -0.0743. The Morgan fingerprint density at radius 3 is 2.43 bits per heavy atom. The van der Waals surface area contributed by atoms with Crippen molar-refractivity contribution in [2.75, 3.05) is 18.1 Å². The van der Waals surface area contributed by atoms with Crippen LogP contribution < -0.4 is 10.6 Å². The molecule has 1 atom stereocenters. The van der Waals surface area contributed by atoms with Crippen molar-refractivity contribution >= 4 is 29.5 Å². The predicted octanol–water partition coefficient (Wildman–Crippen LogP) is 2.06. The van der Waals surface area contributed by atoms with Crippen molar-refractivity contribution in [1.82, 2.24) is 20.8 Å². The quantitative estimate of drug-likeness (QED) is 0.422. The maximum absolute atomic E-state index is 12.1. The number of carbonyl (C=O) groups is 3. The van der Waals surface area contributed by atoms with Gasteiger partial charge in [0.25, 0.3) is 0 Å². The predicted molar refractivity (Wildman–Crippen MR) is 115 cm³/mol. The van der Waals surface area contributed by atoms with Gasteiger partial charge in [-0.1, -0.05) is 39.8 Å². The summed E-state index contributed by atoms with van der Waals surface area (Å²) >= 11 is 1.50. The third-order valence-corrected chi connectivity index (χ3v) is 5.28. The molecule has 1 heterocycles. The molecule has 1 aromatic rings. The molecule has 1 aromatic heterocycles. The molecule has 0 saturated heterocycles. The number of thioether (sulfide) groups is 1. The van der Waals surface area contributed by atoms with Gasteiger partial charge in [0.05, 0.1) is 0 Å². The molecule has 1 rings (SSSR count). The summed E-state index contributed by atoms with van der Waals surface area (Å²) in [7, 11) is 0. The number of nitrogens with one attached hydrogen (secondary N) is 2. The van der Waals surface area contributed by atoms with Gasteiger partial charge in [-0.15, -0.1) is 0 Å². The second-order valence-electron chi connectivity index (χ2n) is 8.83. The van der Waals surface area contributed by atoms with E-state index in [1.807, 2.05) is 20.8 Å². The highest BCUT2D eigenvalue weighted by Gasteiger charge is 2.20. The Morgan fingerprint density at radius 2 is 1.83 bits per heavy atom. The van der Waals surface area contributed by atoms with E-state index in [-0.39, 0.29) is 30.1 Å². The lowest BCUT2D eigenvalue weighted by Crippen LogP contribution is -2.42. The van der Waals surface area contributed by atoms with Crippen LogP contribution in [0.25, 0.3) is 0 Å². The van der Waals surface area contributed by atoms with E-state index in [4.69, 9.17) is 4.52 Å². The molecule has 2 amide bonds. The van der Waals surface area contributed by atoms with Crippen LogP contribution in [0.4, 0.5) is 0 Å². The van der Waals surface area contributed by atoms with E-state index in [1.54, 1.807) is 0 Å². The van der Waals surface area contributed by atoms with Crippen LogP contribution in [0.15, 0.2) is 4.52 Å². The number of carboxylic acids is 1. The summed E-state index contributed by atoms with van der Waals surface area (Å²) in [6.07, 6.45) is 1.16. The van der Waals surface area contributed by atoms with Crippen LogP contribution in [0.1, 0.15) is 59.2 Å². The van der Waals surface area contributed by atoms with Gasteiger partial charge in [0.2, 0.25) is 17.7 Å². The molecular formula is C20H34N4O5S. The lowest BCUT2D eigenvalue weighted by molar-refractivity contribution is -0.141. The molecule has 0 unspecified atom stereocenters. The first kappa shape index (κ1) is 25.9. The summed E-state index contributed by atoms with van der Waals surface area (Å²) in [4.78, 5) is 39.4. The normalized spacial score (nSPS) is 12.6. The standard InChI is InChI=1S/C20H34N4O5S/c1-13(2)11-30-12-14(19(27)28)22-16(25)7-6-15-23-18(29-24-15)8-9-21-17(26)10-20(3,4)5/h13-14H,6-12H2,1-5H3,(H,21,26)(H,22,25)(H,27,28)/t14-/m0/s1. The molecule has 10 heteroatoms. The van der Waals surface area contributed by atoms with E-state index in [0.29, 0.717) is 42.8 Å². The average molecular weight is 443 g/mol. The van der Waals surface area contributed by atoms with Gasteiger partial charge in [0, 0.05) is 38.0 Å². The van der Waals surface area contributed by atoms with Crippen LogP contribution in [-0.4, -0.2) is 57.1 Å². The van der Waals surface area contributed by atoms with Crippen LogP contribution >= 0.6 is 11.8 Å². The van der Waals surface area contributed by atoms with Crippen LogP contribution in [-0.2, 0) is 27.2 Å². The minimum Gasteiger partial charge on any atom is -0.480 e. The van der Waals surface area contributed by atoms with Gasteiger partial charge >= 0.3 is 5.97 Å². The lowest BCUT2D eigenvalue weighted by Gasteiger charge is -2.16. The molecule has 170 valence electrons. The molecule has 0 radical (unpaired) electrons. The van der Waals surface area contributed by atoms with Gasteiger partial charge in [0.15, 0.2) is 5.82 Å². The summed E-state index contributed by atoms with van der Waals surface area (Å²) < 4.78 is 5.13. The van der Waals surface area contributed by atoms with Crippen LogP contribution in [0.3, 0.4) is 0 Å². The van der Waals surface area contributed by atoms with Crippen molar-refractivity contribution in [3.63, 3.8) is 0 Å². The Bertz CT molecular complexity index is 700. The number of rotatable bonds is 13. The van der Waals surface area contributed by atoms with E-state index in [1.165, 1.54) is 11.8 Å². The molecule has 0 aliphatic carbocycles. The molecule has 0 bridgehead atoms. The molecule has 0 fully saturated rings. The number of hydrogen-bond acceptors (Lipinski definition) is 7. The fraction of sp³-hybridized carbons (Fsp3) is 0.750. The first-order chi connectivity index (χ1) is 14.0. The van der Waals surface area contributed by atoms with Crippen molar-refractivity contribution in [3.8, 4) is 0 Å². The van der Waals surface area contributed by atoms with Crippen molar-refractivity contribution in [1.29, 1.82) is 0 Å². The first-order valence-electron chi connectivity index (χ1n) is 10.1. The zero-order chi connectivity index (χ0) is 22.7. The fourth-order valence-corrected chi connectivity index (χ4v) is 3.50. The van der Waals surface area contributed by atoms with E-state index >= 15 is 0 Å². The number of amides is 2. The molecule has 30 heavy (non-hydrogen) atoms. The minimum atomic E-state index is -1.05. The lowest BCUT2D eigenvalue weighted by atomic mass is 9.92. The average Bonchev–Trinajstić information content (AvgIpc) is 3.05. The van der Waals surface area contributed by atoms with Crippen molar-refractivity contribution < 1.29 is 24.0 Å². The number of aromatic nitrogens is 2. The maximum atomic E-state index is 12.1. The number of hydrogen-bond donors (Lipinski definition) is 3. The van der Waals surface area contributed by atoms with Crippen LogP contribution in [0.2, 0.25) is 0 Å². The Hall–Kier alpha value is -2.10. The first-order valence-corrected chi connectivity index (χ1v) is 11.3. The number of carbonyl (C=O) groups excluding carboxylic acids is 2. The van der Waals surface area contributed by atoms with Gasteiger partial charge in [-0.05, 0) is 17.1 Å². The third-order valence-electron chi connectivity index (χ3n) is 3.81. The fourth-order valence-electron chi connectivity index (χ4n) is 2.43. The van der Waals surface area contributed by atoms with Crippen molar-refractivity contribution in [2.45, 2.75) is 66.3 Å². The molecule has 0 aliphatic heterocycles. The highest BCUT2D eigenvalue weighted by atomic mass is 32.2. The minimum absolute atomic E-state index is 0.0292. The van der Waals surface area contributed by atoms with Gasteiger partial charge < -0.3 is 20.3 Å². The van der Waals surface area contributed by atoms with E-state index in [2.05, 4.69) is 34.6 Å². The monoisotopic (exact) mass is 442 g/mol. The highest BCUT2D eigenvalue weighted by Crippen LogP contribution is 2.17. The summed E-state index contributed by atoms with van der Waals surface area (Å²) in [5.74, 6) is 0.937. The Morgan fingerprint density at radius 1 is 1.13 bits per heavy atom. The molecule has 0 aromatic carbocycles. The van der Waals surface area contributed by atoms with Crippen LogP contribution in [0.5, 0.6) is 0 Å². The smallest absolute Gasteiger partial charge is 0.327 e. The van der Waals surface area contributed by atoms with Gasteiger partial charge in [0.1, 0.15) is 6.04 Å². The zero-order valence-corrected chi connectivity index (χ0v) is 19.3. The second-order valence-corrected chi connectivity index (χ2v) is 9.91. The third kappa shape index (κ3) is 11.8. The zero-order valence-electron chi connectivity index (χ0n) is 18.5. The van der Waals surface area contributed by atoms with E-state index in [0.717, 1.165) is 5.75 Å². The summed E-state index contributed by atoms with van der Waals surface area (Å²) in [6, 6.07) is -0.918. The van der Waals surface area contributed by atoms with E-state index in [9.17, 15) is 19.5 Å². The molecule has 0 aliphatic rings. The number of carboxylic acid groups (broad SMARTS) is 1. The molecule has 0 saturated carbocycles. The Labute approximate surface area is 182 Å². The number of nitrogens with zero attached hydrogens (tertiary/aromatic N) is 2. The molecular weight excluding hydrogens is 408 g/mol. The molecule has 3 N–H and O–H groups in total. The SMILES string of the molecule is CC(C)CSC[C@H](NC(=O)CCc1noc(CCNC(=O)CC(C)(C)C)n1)C(=O)O. The highest BCUT2D eigenvalue weighted by molar-refractivity contribution is 7.99. The van der Waals surface area contributed by atoms with Gasteiger partial charge in [-0.25, -0.2) is 4.79 Å². The molecule has 9 nitrogen and oxygen atoms in total. The summed E-state index contributed by atoms with van der Waals surface area (Å²) in [5, 5.41) is 18.4. The number of aryl methyl sites for hydroxylation is 1. The van der Waals surface area contributed by atoms with Gasteiger partial charge in [-0.3, -0.25) is 9.59 Å². The molecule has 0 spiro atoms. The topological polar surface area (TPSA) is 134 Å². The van der Waals surface area contributed by atoms with Crippen LogP contribution in [0, 0.1) is 11.3 Å². The number of aliphatic carboxylic acids is 1. The second kappa shape index (κ2) is 12.6. The van der Waals surface area contributed by atoms with Crippen molar-refractivity contribution in [3.05, 3.63) is 11.7 Å². The van der Waals surface area contributed by atoms with Gasteiger partial charge in [-0.2, -0.15) is 16.7 Å². The van der Waals surface area contributed by atoms with E-state index < -0.39 is 12.0 Å². The Balaban J connectivity index is 2.35. The maximum Gasteiger partial charge on any atom is 0.327 e.